The molecule has 1 aliphatic carbocycles. The number of hydrogen-bond donors (Lipinski definition) is 1. The van der Waals surface area contributed by atoms with Crippen LogP contribution in [0.25, 0.3) is 10.6 Å². The van der Waals surface area contributed by atoms with E-state index in [1.54, 1.807) is 11.3 Å². The van der Waals surface area contributed by atoms with Crippen LogP contribution in [0, 0.1) is 0 Å². The highest BCUT2D eigenvalue weighted by atomic mass is 32.1. The number of carbonyl (C=O) groups is 1. The molecule has 5 nitrogen and oxygen atoms in total. The summed E-state index contributed by atoms with van der Waals surface area (Å²) in [4.78, 5) is 12.7. The van der Waals surface area contributed by atoms with Crippen LogP contribution in [0.15, 0.2) is 23.6 Å². The lowest BCUT2D eigenvalue weighted by Crippen LogP contribution is -2.31. The van der Waals surface area contributed by atoms with E-state index in [1.807, 2.05) is 17.7 Å². The second-order valence-electron chi connectivity index (χ2n) is 5.42. The number of aromatic nitrogens is 2. The summed E-state index contributed by atoms with van der Waals surface area (Å²) < 4.78 is 7.14. The molecule has 1 aliphatic rings. The molecule has 22 heavy (non-hydrogen) atoms. The highest BCUT2D eigenvalue weighted by Crippen LogP contribution is 2.41. The van der Waals surface area contributed by atoms with E-state index in [9.17, 15) is 4.79 Å². The molecular formula is C16H21N3O2S. The number of nitrogens with one attached hydrogen (secondary N) is 1. The Morgan fingerprint density at radius 2 is 2.41 bits per heavy atom. The van der Waals surface area contributed by atoms with Gasteiger partial charge in [0.15, 0.2) is 0 Å². The molecule has 0 atom stereocenters. The fourth-order valence-corrected chi connectivity index (χ4v) is 3.09. The molecule has 1 saturated carbocycles. The number of hydrogen-bond acceptors (Lipinski definition) is 4. The minimum atomic E-state index is -0.0690. The van der Waals surface area contributed by atoms with E-state index in [0.29, 0.717) is 25.6 Å². The molecule has 0 saturated heterocycles. The van der Waals surface area contributed by atoms with Gasteiger partial charge in [0.25, 0.3) is 0 Å². The van der Waals surface area contributed by atoms with E-state index in [4.69, 9.17) is 9.84 Å². The van der Waals surface area contributed by atoms with Crippen LogP contribution in [0.5, 0.6) is 0 Å². The molecule has 0 bridgehead atoms. The average Bonchev–Trinajstić information content (AvgIpc) is 3.05. The summed E-state index contributed by atoms with van der Waals surface area (Å²) in [5.41, 5.74) is 2.33. The summed E-state index contributed by atoms with van der Waals surface area (Å²) in [6.45, 7) is 3.85. The number of ether oxygens (including phenoxy) is 1. The maximum absolute atomic E-state index is 11.6. The van der Waals surface area contributed by atoms with Crippen molar-refractivity contribution in [2.24, 2.45) is 0 Å². The minimum absolute atomic E-state index is 0.0690. The molecule has 1 amide bonds. The lowest BCUT2D eigenvalue weighted by molar-refractivity contribution is -0.125. The smallest absolute Gasteiger partial charge is 0.246 e. The first kappa shape index (κ1) is 15.2. The van der Waals surface area contributed by atoms with Gasteiger partial charge in [-0.2, -0.15) is 5.10 Å². The van der Waals surface area contributed by atoms with Crippen molar-refractivity contribution in [3.63, 3.8) is 0 Å². The Kier molecular flexibility index (Phi) is 4.90. The van der Waals surface area contributed by atoms with Gasteiger partial charge in [-0.15, -0.1) is 11.3 Å². The van der Waals surface area contributed by atoms with Gasteiger partial charge in [0.2, 0.25) is 5.91 Å². The van der Waals surface area contributed by atoms with Crippen LogP contribution in [-0.4, -0.2) is 35.4 Å². The summed E-state index contributed by atoms with van der Waals surface area (Å²) in [6.07, 6.45) is 2.48. The average molecular weight is 319 g/mol. The van der Waals surface area contributed by atoms with Crippen LogP contribution < -0.4 is 5.32 Å². The SMILES string of the molecule is CCOCC(=O)NCCn1nc(-c2cccs2)cc1C1CC1. The van der Waals surface area contributed by atoms with Gasteiger partial charge in [-0.3, -0.25) is 9.48 Å². The van der Waals surface area contributed by atoms with Gasteiger partial charge in [0.1, 0.15) is 12.3 Å². The summed E-state index contributed by atoms with van der Waals surface area (Å²) >= 11 is 1.71. The van der Waals surface area contributed by atoms with Crippen molar-refractivity contribution in [2.45, 2.75) is 32.2 Å². The topological polar surface area (TPSA) is 56.1 Å². The summed E-state index contributed by atoms with van der Waals surface area (Å²) in [6, 6.07) is 6.34. The first-order chi connectivity index (χ1) is 10.8. The molecule has 118 valence electrons. The second kappa shape index (κ2) is 7.07. The van der Waals surface area contributed by atoms with Gasteiger partial charge in [0.05, 0.1) is 11.4 Å². The molecule has 2 aromatic heterocycles. The Balaban J connectivity index is 1.61. The molecule has 0 aromatic carbocycles. The molecule has 0 spiro atoms. The van der Waals surface area contributed by atoms with E-state index in [-0.39, 0.29) is 12.5 Å². The number of amides is 1. The van der Waals surface area contributed by atoms with Gasteiger partial charge in [-0.05, 0) is 37.3 Å². The van der Waals surface area contributed by atoms with Gasteiger partial charge >= 0.3 is 0 Å². The zero-order valence-corrected chi connectivity index (χ0v) is 13.6. The van der Waals surface area contributed by atoms with Crippen LogP contribution in [0.1, 0.15) is 31.4 Å². The number of thiophene rings is 1. The monoisotopic (exact) mass is 319 g/mol. The van der Waals surface area contributed by atoms with Crippen LogP contribution in [0.2, 0.25) is 0 Å². The quantitative estimate of drug-likeness (QED) is 0.814. The molecule has 2 aromatic rings. The van der Waals surface area contributed by atoms with E-state index in [1.165, 1.54) is 23.4 Å². The van der Waals surface area contributed by atoms with Gasteiger partial charge in [-0.1, -0.05) is 6.07 Å². The van der Waals surface area contributed by atoms with Crippen molar-refractivity contribution >= 4 is 17.2 Å². The summed E-state index contributed by atoms with van der Waals surface area (Å²) in [7, 11) is 0. The van der Waals surface area contributed by atoms with Crippen LogP contribution in [0.4, 0.5) is 0 Å². The van der Waals surface area contributed by atoms with Gasteiger partial charge in [-0.25, -0.2) is 0 Å². The Labute approximate surface area is 134 Å². The first-order valence-corrected chi connectivity index (χ1v) is 8.62. The van der Waals surface area contributed by atoms with Crippen LogP contribution in [-0.2, 0) is 16.1 Å². The molecule has 1 fully saturated rings. The Morgan fingerprint density at radius 1 is 1.55 bits per heavy atom. The Bertz CT molecular complexity index is 617. The van der Waals surface area contributed by atoms with Crippen LogP contribution >= 0.6 is 11.3 Å². The molecule has 2 heterocycles. The lowest BCUT2D eigenvalue weighted by Gasteiger charge is -2.08. The standard InChI is InChI=1S/C16H21N3O2S/c1-2-21-11-16(20)17-7-8-19-14(12-5-6-12)10-13(18-19)15-4-3-9-22-15/h3-4,9-10,12H,2,5-8,11H2,1H3,(H,17,20). The normalized spacial score (nSPS) is 14.2. The summed E-state index contributed by atoms with van der Waals surface area (Å²) in [5.74, 6) is 0.570. The highest BCUT2D eigenvalue weighted by molar-refractivity contribution is 7.13. The third-order valence-corrected chi connectivity index (χ3v) is 4.56. The molecular weight excluding hydrogens is 298 g/mol. The van der Waals surface area contributed by atoms with Crippen molar-refractivity contribution < 1.29 is 9.53 Å². The van der Waals surface area contributed by atoms with E-state index < -0.39 is 0 Å². The second-order valence-corrected chi connectivity index (χ2v) is 6.36. The van der Waals surface area contributed by atoms with E-state index >= 15 is 0 Å². The fraction of sp³-hybridized carbons (Fsp3) is 0.500. The van der Waals surface area contributed by atoms with Crippen molar-refractivity contribution in [2.75, 3.05) is 19.8 Å². The number of rotatable bonds is 8. The molecule has 0 unspecified atom stereocenters. The minimum Gasteiger partial charge on any atom is -0.372 e. The van der Waals surface area contributed by atoms with Gasteiger partial charge < -0.3 is 10.1 Å². The molecule has 0 aliphatic heterocycles. The molecule has 6 heteroatoms. The zero-order chi connectivity index (χ0) is 15.4. The third kappa shape index (κ3) is 3.75. The van der Waals surface area contributed by atoms with E-state index in [0.717, 1.165) is 5.69 Å². The van der Waals surface area contributed by atoms with E-state index in [2.05, 4.69) is 22.8 Å². The Hall–Kier alpha value is -1.66. The van der Waals surface area contributed by atoms with Crippen LogP contribution in [0.3, 0.4) is 0 Å². The maximum atomic E-state index is 11.6. The predicted octanol–water partition coefficient (Wildman–Crippen LogP) is 2.64. The fourth-order valence-electron chi connectivity index (χ4n) is 2.41. The van der Waals surface area contributed by atoms with Gasteiger partial charge in [0, 0.05) is 24.8 Å². The zero-order valence-electron chi connectivity index (χ0n) is 12.7. The third-order valence-electron chi connectivity index (χ3n) is 3.66. The molecule has 3 rings (SSSR count). The maximum Gasteiger partial charge on any atom is 0.246 e. The van der Waals surface area contributed by atoms with Crippen molar-refractivity contribution in [3.05, 3.63) is 29.3 Å². The lowest BCUT2D eigenvalue weighted by atomic mass is 10.2. The number of carbonyl (C=O) groups excluding carboxylic acids is 1. The van der Waals surface area contributed by atoms with Crippen molar-refractivity contribution in [3.8, 4) is 10.6 Å². The highest BCUT2D eigenvalue weighted by Gasteiger charge is 2.28. The Morgan fingerprint density at radius 3 is 3.09 bits per heavy atom. The summed E-state index contributed by atoms with van der Waals surface area (Å²) in [5, 5.41) is 9.66. The number of nitrogens with zero attached hydrogens (tertiary/aromatic N) is 2. The largest absolute Gasteiger partial charge is 0.372 e. The molecule has 0 radical (unpaired) electrons. The predicted molar refractivity (Wildman–Crippen MR) is 87.0 cm³/mol. The van der Waals surface area contributed by atoms with Crippen molar-refractivity contribution in [1.29, 1.82) is 0 Å². The first-order valence-electron chi connectivity index (χ1n) is 7.74. The molecule has 1 N–H and O–H groups in total. The van der Waals surface area contributed by atoms with Crippen molar-refractivity contribution in [1.82, 2.24) is 15.1 Å².